The first-order valence-corrected chi connectivity index (χ1v) is 24.5. The fraction of sp³-hybridized carbons (Fsp3) is 0.309. The second-order valence-corrected chi connectivity index (χ2v) is 18.6. The van der Waals surface area contributed by atoms with E-state index in [0.29, 0.717) is 43.6 Å². The molecule has 14 heteroatoms. The molecular weight excluding hydrogens is 897 g/mol. The number of hydrogen-bond acceptors (Lipinski definition) is 13. The van der Waals surface area contributed by atoms with Crippen LogP contribution in [0.3, 0.4) is 0 Å². The van der Waals surface area contributed by atoms with Crippen molar-refractivity contribution in [2.75, 3.05) is 13.2 Å². The Morgan fingerprint density at radius 1 is 0.609 bits per heavy atom. The number of aryl methyl sites for hydroxylation is 3. The van der Waals surface area contributed by atoms with E-state index in [-0.39, 0.29) is 59.5 Å². The van der Waals surface area contributed by atoms with E-state index < -0.39 is 10.1 Å². The Bertz CT molecular complexity index is 2840. The van der Waals surface area contributed by atoms with Gasteiger partial charge in [-0.05, 0) is 104 Å². The second-order valence-electron chi connectivity index (χ2n) is 17.0. The summed E-state index contributed by atoms with van der Waals surface area (Å²) in [6.07, 6.45) is 6.66. The number of oxazole rings is 2. The molecule has 2 aromatic heterocycles. The summed E-state index contributed by atoms with van der Waals surface area (Å²) >= 11 is 0. The first-order valence-electron chi connectivity index (χ1n) is 23.1. The number of carbonyl (C=O) groups excluding carboxylic acids is 2. The predicted octanol–water partition coefficient (Wildman–Crippen LogP) is 10.3. The minimum Gasteiger partial charge on any atom is -0.508 e. The highest BCUT2D eigenvalue weighted by Gasteiger charge is 2.29. The summed E-state index contributed by atoms with van der Waals surface area (Å²) < 4.78 is 57.4. The fourth-order valence-corrected chi connectivity index (χ4v) is 9.42. The zero-order valence-electron chi connectivity index (χ0n) is 39.5. The molecule has 0 aliphatic heterocycles. The quantitative estimate of drug-likeness (QED) is 0.0759. The topological polar surface area (TPSA) is 177 Å². The molecule has 7 aromatic rings. The van der Waals surface area contributed by atoms with Gasteiger partial charge in [-0.3, -0.25) is 13.8 Å². The van der Waals surface area contributed by atoms with E-state index in [1.807, 2.05) is 62.4 Å². The Balaban J connectivity index is 0.000000157. The molecule has 2 heterocycles. The van der Waals surface area contributed by atoms with Crippen LogP contribution in [0.1, 0.15) is 101 Å². The molecule has 0 bridgehead atoms. The molecule has 1 N–H and O–H groups in total. The highest BCUT2D eigenvalue weighted by molar-refractivity contribution is 7.86. The van der Waals surface area contributed by atoms with Gasteiger partial charge in [0, 0.05) is 25.7 Å². The number of rotatable bonds is 15. The van der Waals surface area contributed by atoms with Gasteiger partial charge in [0.1, 0.15) is 29.1 Å². The normalized spacial score (nSPS) is 14.0. The molecule has 2 aliphatic carbocycles. The summed E-state index contributed by atoms with van der Waals surface area (Å²) in [5.74, 6) is 2.23. The van der Waals surface area contributed by atoms with Crippen molar-refractivity contribution in [3.05, 3.63) is 196 Å². The number of aromatic hydroxyl groups is 1. The van der Waals surface area contributed by atoms with E-state index in [1.54, 1.807) is 81.7 Å². The highest BCUT2D eigenvalue weighted by atomic mass is 32.2. The number of aromatic nitrogens is 2. The summed E-state index contributed by atoms with van der Waals surface area (Å²) in [7, 11) is -3.68. The lowest BCUT2D eigenvalue weighted by Crippen LogP contribution is -2.18. The maximum Gasteiger partial charge on any atom is 0.306 e. The van der Waals surface area contributed by atoms with E-state index >= 15 is 0 Å². The fourth-order valence-electron chi connectivity index (χ4n) is 8.34. The summed E-state index contributed by atoms with van der Waals surface area (Å²) in [5.41, 5.74) is 7.90. The van der Waals surface area contributed by atoms with Gasteiger partial charge in [-0.15, -0.1) is 0 Å². The van der Waals surface area contributed by atoms with Gasteiger partial charge in [-0.25, -0.2) is 9.97 Å². The predicted molar refractivity (Wildman–Crippen MR) is 259 cm³/mol. The molecule has 13 nitrogen and oxygen atoms in total. The van der Waals surface area contributed by atoms with Crippen molar-refractivity contribution >= 4 is 22.1 Å². The van der Waals surface area contributed by atoms with E-state index in [9.17, 15) is 23.1 Å². The third-order valence-electron chi connectivity index (χ3n) is 11.7. The van der Waals surface area contributed by atoms with Gasteiger partial charge in [0.15, 0.2) is 0 Å². The zero-order chi connectivity index (χ0) is 48.9. The third kappa shape index (κ3) is 13.8. The van der Waals surface area contributed by atoms with Crippen LogP contribution in [0.4, 0.5) is 0 Å². The minimum absolute atomic E-state index is 0.151. The lowest BCUT2D eigenvalue weighted by molar-refractivity contribution is -0.144. The smallest absolute Gasteiger partial charge is 0.306 e. The molecule has 69 heavy (non-hydrogen) atoms. The first kappa shape index (κ1) is 49.9. The van der Waals surface area contributed by atoms with Crippen LogP contribution in [0.5, 0.6) is 11.5 Å². The lowest BCUT2D eigenvalue weighted by atomic mass is 9.95. The zero-order valence-corrected chi connectivity index (χ0v) is 40.3. The van der Waals surface area contributed by atoms with E-state index in [4.69, 9.17) is 27.2 Å². The molecule has 2 atom stereocenters. The average molecular weight is 955 g/mol. The van der Waals surface area contributed by atoms with Crippen molar-refractivity contribution < 1.29 is 50.3 Å². The highest BCUT2D eigenvalue weighted by Crippen LogP contribution is 2.33. The number of hydrogen-bond donors (Lipinski definition) is 1. The summed E-state index contributed by atoms with van der Waals surface area (Å²) in [6, 6.07) is 37.7. The maximum atomic E-state index is 12.2. The Hall–Kier alpha value is -7.03. The first-order chi connectivity index (χ1) is 33.3. The van der Waals surface area contributed by atoms with Crippen LogP contribution in [0.15, 0.2) is 147 Å². The van der Waals surface area contributed by atoms with Crippen LogP contribution in [0.2, 0.25) is 0 Å². The van der Waals surface area contributed by atoms with Gasteiger partial charge in [0.25, 0.3) is 10.1 Å². The van der Waals surface area contributed by atoms with Crippen molar-refractivity contribution in [3.8, 4) is 11.5 Å². The standard InChI is InChI=1S/C24H25NO4.C16H16O3S.C15H17NO4/c1-3-27-23(26)14-22(24-25-15-16(2)28-24)17-8-10-20(11-9-17)29-21-12-18-6-4-5-7-19(18)13-21;1-12-6-8-16(9-7-12)20(17,18)19-15-10-13-4-2-3-5-14(13)11-15;1-3-19-14(18)8-13(15-16-9-10(2)20-15)11-4-6-12(17)7-5-11/h4-11,15,21-22H,3,12-14H2,1-2H3;2-9,15H,10-11H2,1H3;4-7,9,13,17H,3,8H2,1-2H3. The molecular formula is C55H58N2O11S. The molecule has 0 fully saturated rings. The Labute approximate surface area is 403 Å². The van der Waals surface area contributed by atoms with Crippen molar-refractivity contribution in [3.63, 3.8) is 0 Å². The third-order valence-corrected chi connectivity index (χ3v) is 13.1. The number of benzene rings is 5. The molecule has 0 radical (unpaired) electrons. The monoisotopic (exact) mass is 954 g/mol. The summed E-state index contributed by atoms with van der Waals surface area (Å²) in [6.45, 7) is 9.82. The number of carbonyl (C=O) groups is 2. The number of phenols is 1. The van der Waals surface area contributed by atoms with E-state index in [2.05, 4.69) is 34.2 Å². The molecule has 2 aliphatic rings. The molecule has 0 saturated carbocycles. The van der Waals surface area contributed by atoms with Crippen molar-refractivity contribution in [1.82, 2.24) is 9.97 Å². The molecule has 0 saturated heterocycles. The Morgan fingerprint density at radius 3 is 1.43 bits per heavy atom. The van der Waals surface area contributed by atoms with Crippen LogP contribution in [0, 0.1) is 20.8 Å². The van der Waals surface area contributed by atoms with E-state index in [0.717, 1.165) is 41.0 Å². The molecule has 9 rings (SSSR count). The summed E-state index contributed by atoms with van der Waals surface area (Å²) in [4.78, 5) is 32.6. The molecule has 2 unspecified atom stereocenters. The summed E-state index contributed by atoms with van der Waals surface area (Å²) in [5, 5.41) is 9.35. The van der Waals surface area contributed by atoms with Gasteiger partial charge in [-0.2, -0.15) is 8.42 Å². The van der Waals surface area contributed by atoms with Gasteiger partial charge >= 0.3 is 11.9 Å². The molecule has 5 aromatic carbocycles. The van der Waals surface area contributed by atoms with Crippen LogP contribution in [-0.4, -0.2) is 60.9 Å². The SMILES string of the molecule is CCOC(=O)CC(c1ccc(O)cc1)c1ncc(C)o1.CCOC(=O)CC(c1ccc(OC2Cc3ccccc3C2)cc1)c1ncc(C)o1.Cc1ccc(S(=O)(=O)OC2Cc3ccccc3C2)cc1. The Morgan fingerprint density at radius 2 is 1.03 bits per heavy atom. The van der Waals surface area contributed by atoms with Gasteiger partial charge in [0.05, 0.1) is 61.3 Å². The Kier molecular flexibility index (Phi) is 16.9. The number of phenolic OH excluding ortho intramolecular Hbond substituents is 1. The van der Waals surface area contributed by atoms with Gasteiger partial charge in [0.2, 0.25) is 11.8 Å². The average Bonchev–Trinajstić information content (AvgIpc) is 4.15. The number of fused-ring (bicyclic) bond motifs is 2. The van der Waals surface area contributed by atoms with Crippen LogP contribution >= 0.6 is 0 Å². The van der Waals surface area contributed by atoms with Crippen molar-refractivity contribution in [2.24, 2.45) is 0 Å². The second kappa shape index (κ2) is 23.3. The van der Waals surface area contributed by atoms with Gasteiger partial charge in [-0.1, -0.05) is 90.5 Å². The number of esters is 2. The van der Waals surface area contributed by atoms with Crippen molar-refractivity contribution in [2.45, 2.75) is 102 Å². The van der Waals surface area contributed by atoms with E-state index in [1.165, 1.54) is 22.3 Å². The lowest BCUT2D eigenvalue weighted by Gasteiger charge is -2.16. The van der Waals surface area contributed by atoms with Crippen LogP contribution in [-0.2, 0) is 59.0 Å². The molecule has 0 amide bonds. The largest absolute Gasteiger partial charge is 0.508 e. The number of nitrogens with zero attached hydrogens (tertiary/aromatic N) is 2. The van der Waals surface area contributed by atoms with Crippen molar-refractivity contribution in [1.29, 1.82) is 0 Å². The molecule has 0 spiro atoms. The van der Waals surface area contributed by atoms with Crippen LogP contribution in [0.25, 0.3) is 0 Å². The minimum atomic E-state index is -3.68. The number of ether oxygens (including phenoxy) is 3. The maximum absolute atomic E-state index is 12.2. The van der Waals surface area contributed by atoms with Crippen LogP contribution < -0.4 is 4.74 Å². The van der Waals surface area contributed by atoms with Gasteiger partial charge < -0.3 is 28.2 Å². The molecule has 360 valence electrons.